The second-order valence-corrected chi connectivity index (χ2v) is 6.23. The highest BCUT2D eigenvalue weighted by Crippen LogP contribution is 2.26. The van der Waals surface area contributed by atoms with Crippen molar-refractivity contribution < 1.29 is 18.7 Å². The number of carbonyl (C=O) groups is 2. The van der Waals surface area contributed by atoms with E-state index in [1.807, 2.05) is 32.0 Å². The number of rotatable bonds is 5. The van der Waals surface area contributed by atoms with Crippen LogP contribution in [0.3, 0.4) is 0 Å². The van der Waals surface area contributed by atoms with E-state index in [0.717, 1.165) is 11.1 Å². The van der Waals surface area contributed by atoms with Gasteiger partial charge in [0.1, 0.15) is 23.0 Å². The molecule has 0 radical (unpaired) electrons. The van der Waals surface area contributed by atoms with E-state index in [1.165, 1.54) is 0 Å². The van der Waals surface area contributed by atoms with E-state index < -0.39 is 12.6 Å². The number of nitriles is 1. The van der Waals surface area contributed by atoms with Crippen molar-refractivity contribution in [2.45, 2.75) is 20.8 Å². The monoisotopic (exact) mass is 362 g/mol. The first kappa shape index (κ1) is 18.2. The molecule has 3 aromatic rings. The van der Waals surface area contributed by atoms with Crippen molar-refractivity contribution in [3.63, 3.8) is 0 Å². The van der Waals surface area contributed by atoms with Crippen LogP contribution in [0.1, 0.15) is 43.2 Å². The van der Waals surface area contributed by atoms with Gasteiger partial charge in [-0.15, -0.1) is 0 Å². The quantitative estimate of drug-likeness (QED) is 0.507. The molecule has 0 unspecified atom stereocenters. The molecule has 2 aromatic heterocycles. The van der Waals surface area contributed by atoms with E-state index in [2.05, 4.69) is 0 Å². The Bertz CT molecular complexity index is 1050. The van der Waals surface area contributed by atoms with E-state index >= 15 is 0 Å². The summed E-state index contributed by atoms with van der Waals surface area (Å²) < 4.78 is 12.4. The van der Waals surface area contributed by atoms with E-state index in [1.54, 1.807) is 42.1 Å². The van der Waals surface area contributed by atoms with E-state index in [9.17, 15) is 14.9 Å². The minimum absolute atomic E-state index is 0.0367. The lowest BCUT2D eigenvalue weighted by Crippen LogP contribution is -2.16. The van der Waals surface area contributed by atoms with Crippen LogP contribution >= 0.6 is 0 Å². The molecule has 6 heteroatoms. The number of nitrogens with zero attached hydrogens (tertiary/aromatic N) is 2. The number of aromatic nitrogens is 1. The van der Waals surface area contributed by atoms with E-state index in [-0.39, 0.29) is 28.6 Å². The number of aryl methyl sites for hydroxylation is 3. The van der Waals surface area contributed by atoms with Crippen LogP contribution in [0.2, 0.25) is 0 Å². The average Bonchev–Trinajstić information content (AvgIpc) is 3.26. The van der Waals surface area contributed by atoms with Gasteiger partial charge in [0.2, 0.25) is 11.7 Å². The van der Waals surface area contributed by atoms with Crippen LogP contribution in [-0.2, 0) is 4.74 Å². The predicted octanol–water partition coefficient (Wildman–Crippen LogP) is 3.91. The van der Waals surface area contributed by atoms with Crippen molar-refractivity contribution in [1.82, 2.24) is 4.57 Å². The maximum absolute atomic E-state index is 12.5. The van der Waals surface area contributed by atoms with E-state index in [4.69, 9.17) is 9.15 Å². The first-order valence-electron chi connectivity index (χ1n) is 8.36. The number of hydrogen-bond acceptors (Lipinski definition) is 5. The van der Waals surface area contributed by atoms with Crippen LogP contribution in [0, 0.1) is 32.1 Å². The summed E-state index contributed by atoms with van der Waals surface area (Å²) in [4.78, 5) is 24.9. The third-order valence-corrected chi connectivity index (χ3v) is 4.24. The fourth-order valence-electron chi connectivity index (χ4n) is 2.94. The standard InChI is InChI=1S/C21H18N2O4/c1-13-6-7-16(14(2)10-13)18(24)12-26-21(25)19-15(3)27-20(17(19)11-22)23-8-4-5-9-23/h4-10H,12H2,1-3H3. The maximum Gasteiger partial charge on any atom is 0.343 e. The number of benzene rings is 1. The molecule has 0 aliphatic rings. The first-order chi connectivity index (χ1) is 12.9. The zero-order valence-electron chi connectivity index (χ0n) is 15.3. The summed E-state index contributed by atoms with van der Waals surface area (Å²) >= 11 is 0. The van der Waals surface area contributed by atoms with Gasteiger partial charge in [-0.1, -0.05) is 23.8 Å². The van der Waals surface area contributed by atoms with Crippen molar-refractivity contribution in [3.05, 3.63) is 76.3 Å². The van der Waals surface area contributed by atoms with Crippen molar-refractivity contribution in [2.75, 3.05) is 6.61 Å². The predicted molar refractivity (Wildman–Crippen MR) is 98.0 cm³/mol. The zero-order chi connectivity index (χ0) is 19.6. The second-order valence-electron chi connectivity index (χ2n) is 6.23. The molecule has 0 aliphatic carbocycles. The van der Waals surface area contributed by atoms with Crippen molar-refractivity contribution in [1.29, 1.82) is 5.26 Å². The molecule has 0 spiro atoms. The Hall–Kier alpha value is -3.59. The van der Waals surface area contributed by atoms with Crippen LogP contribution in [0.25, 0.3) is 5.88 Å². The van der Waals surface area contributed by atoms with Crippen LogP contribution in [0.5, 0.6) is 0 Å². The van der Waals surface area contributed by atoms with Gasteiger partial charge in [-0.2, -0.15) is 5.26 Å². The molecule has 3 rings (SSSR count). The summed E-state index contributed by atoms with van der Waals surface area (Å²) in [7, 11) is 0. The Morgan fingerprint density at radius 2 is 1.89 bits per heavy atom. The molecule has 0 fully saturated rings. The van der Waals surface area contributed by atoms with Crippen molar-refractivity contribution in [2.24, 2.45) is 0 Å². The molecule has 0 aliphatic heterocycles. The number of Topliss-reactive ketones (excluding diaryl/α,β-unsaturated/α-hetero) is 1. The topological polar surface area (TPSA) is 85.2 Å². The molecule has 0 atom stereocenters. The van der Waals surface area contributed by atoms with Gasteiger partial charge in [0.05, 0.1) is 0 Å². The highest BCUT2D eigenvalue weighted by Gasteiger charge is 2.26. The van der Waals surface area contributed by atoms with Gasteiger partial charge in [0.25, 0.3) is 0 Å². The molecule has 0 amide bonds. The summed E-state index contributed by atoms with van der Waals surface area (Å²) in [6.07, 6.45) is 3.41. The molecule has 0 saturated carbocycles. The van der Waals surface area contributed by atoms with Crippen LogP contribution in [0.15, 0.2) is 47.1 Å². The van der Waals surface area contributed by atoms with Gasteiger partial charge in [-0.25, -0.2) is 4.79 Å². The number of esters is 1. The van der Waals surface area contributed by atoms with E-state index in [0.29, 0.717) is 5.56 Å². The third kappa shape index (κ3) is 3.53. The molecule has 0 saturated heterocycles. The molecular formula is C21H18N2O4. The van der Waals surface area contributed by atoms with Gasteiger partial charge < -0.3 is 9.15 Å². The Morgan fingerprint density at radius 1 is 1.19 bits per heavy atom. The number of furan rings is 1. The van der Waals surface area contributed by atoms with Crippen molar-refractivity contribution >= 4 is 11.8 Å². The molecule has 2 heterocycles. The second kappa shape index (κ2) is 7.34. The normalized spacial score (nSPS) is 10.4. The van der Waals surface area contributed by atoms with Crippen LogP contribution < -0.4 is 0 Å². The van der Waals surface area contributed by atoms with Gasteiger partial charge >= 0.3 is 5.97 Å². The fraction of sp³-hybridized carbons (Fsp3) is 0.190. The smallest absolute Gasteiger partial charge is 0.343 e. The first-order valence-corrected chi connectivity index (χ1v) is 8.36. The zero-order valence-corrected chi connectivity index (χ0v) is 15.3. The van der Waals surface area contributed by atoms with Crippen LogP contribution in [-0.4, -0.2) is 22.9 Å². The molecular weight excluding hydrogens is 344 g/mol. The molecule has 1 aromatic carbocycles. The lowest BCUT2D eigenvalue weighted by Gasteiger charge is -2.07. The lowest BCUT2D eigenvalue weighted by molar-refractivity contribution is 0.0472. The Balaban J connectivity index is 1.81. The number of hydrogen-bond donors (Lipinski definition) is 0. The highest BCUT2D eigenvalue weighted by molar-refractivity contribution is 6.01. The summed E-state index contributed by atoms with van der Waals surface area (Å²) in [5.74, 6) is -0.553. The Morgan fingerprint density at radius 3 is 2.52 bits per heavy atom. The third-order valence-electron chi connectivity index (χ3n) is 4.24. The Labute approximate surface area is 156 Å². The lowest BCUT2D eigenvalue weighted by atomic mass is 10.0. The molecule has 6 nitrogen and oxygen atoms in total. The summed E-state index contributed by atoms with van der Waals surface area (Å²) in [6.45, 7) is 4.95. The highest BCUT2D eigenvalue weighted by atomic mass is 16.5. The number of ketones is 1. The van der Waals surface area contributed by atoms with Crippen LogP contribution in [0.4, 0.5) is 0 Å². The number of carbonyl (C=O) groups excluding carboxylic acids is 2. The molecule has 27 heavy (non-hydrogen) atoms. The number of ether oxygens (including phenoxy) is 1. The fourth-order valence-corrected chi connectivity index (χ4v) is 2.94. The summed E-state index contributed by atoms with van der Waals surface area (Å²) in [5, 5.41) is 9.48. The van der Waals surface area contributed by atoms with Gasteiger partial charge in [-0.05, 0) is 38.5 Å². The summed E-state index contributed by atoms with van der Waals surface area (Å²) in [6, 6.07) is 11.0. The van der Waals surface area contributed by atoms with Gasteiger partial charge in [-0.3, -0.25) is 9.36 Å². The molecule has 0 N–H and O–H groups in total. The minimum Gasteiger partial charge on any atom is -0.454 e. The summed E-state index contributed by atoms with van der Waals surface area (Å²) in [5.41, 5.74) is 2.49. The molecule has 136 valence electrons. The average molecular weight is 362 g/mol. The Kier molecular flexibility index (Phi) is 4.95. The minimum atomic E-state index is -0.760. The van der Waals surface area contributed by atoms with Gasteiger partial charge in [0, 0.05) is 18.0 Å². The molecule has 0 bridgehead atoms. The van der Waals surface area contributed by atoms with Crippen molar-refractivity contribution in [3.8, 4) is 12.0 Å². The van der Waals surface area contributed by atoms with Gasteiger partial charge in [0.15, 0.2) is 6.61 Å². The largest absolute Gasteiger partial charge is 0.454 e. The maximum atomic E-state index is 12.5. The SMILES string of the molecule is Cc1ccc(C(=O)COC(=O)c2c(C)oc(-n3cccc3)c2C#N)c(C)c1.